The zero-order valence-corrected chi connectivity index (χ0v) is 13.1. The first-order valence-corrected chi connectivity index (χ1v) is 7.31. The Labute approximate surface area is 126 Å². The van der Waals surface area contributed by atoms with E-state index in [1.54, 1.807) is 14.2 Å². The highest BCUT2D eigenvalue weighted by atomic mass is 16.5. The summed E-state index contributed by atoms with van der Waals surface area (Å²) in [6.45, 7) is 4.21. The summed E-state index contributed by atoms with van der Waals surface area (Å²) in [5.74, 6) is 1.58. The second-order valence-electron chi connectivity index (χ2n) is 5.21. The average Bonchev–Trinajstić information content (AvgIpc) is 2.51. The van der Waals surface area contributed by atoms with Gasteiger partial charge in [-0.1, -0.05) is 35.9 Å². The van der Waals surface area contributed by atoms with Gasteiger partial charge in [-0.25, -0.2) is 0 Å². The Kier molecular flexibility index (Phi) is 5.64. The number of quaternary nitrogens is 1. The predicted molar refractivity (Wildman–Crippen MR) is 84.9 cm³/mol. The van der Waals surface area contributed by atoms with Crippen molar-refractivity contribution in [1.82, 2.24) is 0 Å². The number of nitrogens with two attached hydrogens (primary N) is 1. The van der Waals surface area contributed by atoms with Crippen molar-refractivity contribution in [3.05, 3.63) is 59.2 Å². The van der Waals surface area contributed by atoms with E-state index >= 15 is 0 Å². The van der Waals surface area contributed by atoms with E-state index < -0.39 is 0 Å². The fourth-order valence-corrected chi connectivity index (χ4v) is 2.41. The van der Waals surface area contributed by atoms with Crippen molar-refractivity contribution in [1.29, 1.82) is 0 Å². The Morgan fingerprint density at radius 3 is 2.43 bits per heavy atom. The Balaban J connectivity index is 1.83. The molecule has 0 aliphatic carbocycles. The van der Waals surface area contributed by atoms with Crippen LogP contribution in [-0.2, 0) is 13.0 Å². The van der Waals surface area contributed by atoms with Gasteiger partial charge in [0, 0.05) is 12.0 Å². The van der Waals surface area contributed by atoms with Crippen molar-refractivity contribution < 1.29 is 14.8 Å². The van der Waals surface area contributed by atoms with Crippen LogP contribution in [0.15, 0.2) is 42.5 Å². The van der Waals surface area contributed by atoms with Gasteiger partial charge in [0.05, 0.1) is 20.8 Å². The van der Waals surface area contributed by atoms with Gasteiger partial charge in [-0.3, -0.25) is 0 Å². The lowest BCUT2D eigenvalue weighted by atomic mass is 10.1. The molecule has 21 heavy (non-hydrogen) atoms. The molecule has 0 aliphatic heterocycles. The molecule has 0 fully saturated rings. The molecule has 2 aromatic carbocycles. The largest absolute Gasteiger partial charge is 0.493 e. The van der Waals surface area contributed by atoms with Gasteiger partial charge < -0.3 is 14.8 Å². The Bertz CT molecular complexity index is 581. The molecule has 0 spiro atoms. The molecular formula is C18H24NO2+. The molecule has 0 heterocycles. The second-order valence-corrected chi connectivity index (χ2v) is 5.21. The topological polar surface area (TPSA) is 35.1 Å². The molecule has 0 atom stereocenters. The van der Waals surface area contributed by atoms with Gasteiger partial charge in [-0.15, -0.1) is 0 Å². The van der Waals surface area contributed by atoms with Gasteiger partial charge in [-0.05, 0) is 24.6 Å². The van der Waals surface area contributed by atoms with Gasteiger partial charge in [0.25, 0.3) is 0 Å². The molecule has 3 nitrogen and oxygen atoms in total. The lowest BCUT2D eigenvalue weighted by Gasteiger charge is -2.09. The summed E-state index contributed by atoms with van der Waals surface area (Å²) >= 11 is 0. The van der Waals surface area contributed by atoms with E-state index in [0.717, 1.165) is 31.0 Å². The van der Waals surface area contributed by atoms with Crippen LogP contribution in [0.4, 0.5) is 0 Å². The minimum Gasteiger partial charge on any atom is -0.493 e. The number of hydrogen-bond donors (Lipinski definition) is 1. The Morgan fingerprint density at radius 2 is 1.71 bits per heavy atom. The average molecular weight is 286 g/mol. The molecule has 2 N–H and O–H groups in total. The molecule has 3 heteroatoms. The molecule has 0 aromatic heterocycles. The fraction of sp³-hybridized carbons (Fsp3) is 0.333. The highest BCUT2D eigenvalue weighted by Crippen LogP contribution is 2.27. The first-order chi connectivity index (χ1) is 10.2. The summed E-state index contributed by atoms with van der Waals surface area (Å²) in [6, 6.07) is 14.8. The summed E-state index contributed by atoms with van der Waals surface area (Å²) in [4.78, 5) is 0. The quantitative estimate of drug-likeness (QED) is 0.793. The van der Waals surface area contributed by atoms with E-state index in [2.05, 4.69) is 48.6 Å². The number of aryl methyl sites for hydroxylation is 1. The highest BCUT2D eigenvalue weighted by Gasteiger charge is 2.05. The molecule has 0 saturated carbocycles. The molecule has 0 saturated heterocycles. The summed E-state index contributed by atoms with van der Waals surface area (Å²) in [7, 11) is 3.33. The van der Waals surface area contributed by atoms with Crippen LogP contribution in [0, 0.1) is 6.92 Å². The van der Waals surface area contributed by atoms with Crippen LogP contribution in [0.3, 0.4) is 0 Å². The lowest BCUT2D eigenvalue weighted by molar-refractivity contribution is -0.670. The van der Waals surface area contributed by atoms with Crippen LogP contribution in [0.2, 0.25) is 0 Å². The summed E-state index contributed by atoms with van der Waals surface area (Å²) in [5, 5.41) is 2.34. The Morgan fingerprint density at radius 1 is 0.905 bits per heavy atom. The number of rotatable bonds is 7. The molecule has 2 rings (SSSR count). The van der Waals surface area contributed by atoms with Gasteiger partial charge >= 0.3 is 0 Å². The molecule has 0 radical (unpaired) electrons. The van der Waals surface area contributed by atoms with Crippen molar-refractivity contribution in [3.8, 4) is 11.5 Å². The number of hydrogen-bond acceptors (Lipinski definition) is 2. The third-order valence-electron chi connectivity index (χ3n) is 3.55. The van der Waals surface area contributed by atoms with E-state index in [1.165, 1.54) is 16.7 Å². The first-order valence-electron chi connectivity index (χ1n) is 7.31. The van der Waals surface area contributed by atoms with Gasteiger partial charge in [-0.2, -0.15) is 0 Å². The molecule has 0 unspecified atom stereocenters. The smallest absolute Gasteiger partial charge is 0.160 e. The zero-order chi connectivity index (χ0) is 15.1. The maximum Gasteiger partial charge on any atom is 0.160 e. The molecular weight excluding hydrogens is 262 g/mol. The van der Waals surface area contributed by atoms with Crippen molar-refractivity contribution in [2.45, 2.75) is 19.9 Å². The maximum absolute atomic E-state index is 5.33. The summed E-state index contributed by atoms with van der Waals surface area (Å²) in [5.41, 5.74) is 3.97. The summed E-state index contributed by atoms with van der Waals surface area (Å²) in [6.07, 6.45) is 1.02. The minimum atomic E-state index is 0.782. The fourth-order valence-electron chi connectivity index (χ4n) is 2.41. The minimum absolute atomic E-state index is 0.782. The standard InChI is InChI=1S/C18H23NO2/c1-14-5-4-6-16(11-14)13-19-10-9-15-7-8-17(20-2)18(12-15)21-3/h4-8,11-12,19H,9-10,13H2,1-3H3/p+1. The van der Waals surface area contributed by atoms with Gasteiger partial charge in [0.15, 0.2) is 11.5 Å². The van der Waals surface area contributed by atoms with Crippen molar-refractivity contribution >= 4 is 0 Å². The van der Waals surface area contributed by atoms with E-state index in [-0.39, 0.29) is 0 Å². The third-order valence-corrected chi connectivity index (χ3v) is 3.55. The molecule has 0 amide bonds. The van der Waals surface area contributed by atoms with E-state index in [0.29, 0.717) is 0 Å². The van der Waals surface area contributed by atoms with Gasteiger partial charge in [0.2, 0.25) is 0 Å². The van der Waals surface area contributed by atoms with Crippen LogP contribution in [0.5, 0.6) is 11.5 Å². The van der Waals surface area contributed by atoms with Crippen LogP contribution < -0.4 is 14.8 Å². The van der Waals surface area contributed by atoms with Crippen molar-refractivity contribution in [2.75, 3.05) is 20.8 Å². The Hall–Kier alpha value is -2.00. The maximum atomic E-state index is 5.33. The number of methoxy groups -OCH3 is 2. The zero-order valence-electron chi connectivity index (χ0n) is 13.1. The third kappa shape index (κ3) is 4.50. The van der Waals surface area contributed by atoms with Crippen molar-refractivity contribution in [3.63, 3.8) is 0 Å². The van der Waals surface area contributed by atoms with Crippen LogP contribution in [0.1, 0.15) is 16.7 Å². The second kappa shape index (κ2) is 7.70. The molecule has 0 bridgehead atoms. The number of ether oxygens (including phenoxy) is 2. The summed E-state index contributed by atoms with van der Waals surface area (Å²) < 4.78 is 10.6. The van der Waals surface area contributed by atoms with Crippen molar-refractivity contribution in [2.24, 2.45) is 0 Å². The van der Waals surface area contributed by atoms with Crippen LogP contribution in [0.25, 0.3) is 0 Å². The normalized spacial score (nSPS) is 10.4. The monoisotopic (exact) mass is 286 g/mol. The lowest BCUT2D eigenvalue weighted by Crippen LogP contribution is -2.83. The van der Waals surface area contributed by atoms with E-state index in [1.807, 2.05) is 6.07 Å². The van der Waals surface area contributed by atoms with Crippen LogP contribution >= 0.6 is 0 Å². The molecule has 112 valence electrons. The van der Waals surface area contributed by atoms with Crippen LogP contribution in [-0.4, -0.2) is 20.8 Å². The SMILES string of the molecule is COc1ccc(CC[NH2+]Cc2cccc(C)c2)cc1OC. The first kappa shape index (κ1) is 15.4. The van der Waals surface area contributed by atoms with Gasteiger partial charge in [0.1, 0.15) is 6.54 Å². The number of benzene rings is 2. The molecule has 0 aliphatic rings. The molecule has 2 aromatic rings. The highest BCUT2D eigenvalue weighted by molar-refractivity contribution is 5.42. The van der Waals surface area contributed by atoms with E-state index in [4.69, 9.17) is 9.47 Å². The van der Waals surface area contributed by atoms with E-state index in [9.17, 15) is 0 Å². The predicted octanol–water partition coefficient (Wildman–Crippen LogP) is 2.32.